The highest BCUT2D eigenvalue weighted by Crippen LogP contribution is 2.23. The number of aliphatic hydroxyl groups excluding tert-OH is 3. The zero-order valence-electron chi connectivity index (χ0n) is 28.2. The fourth-order valence-corrected chi connectivity index (χ4v) is 8.11. The van der Waals surface area contributed by atoms with Gasteiger partial charge in [-0.1, -0.05) is 90.9 Å². The van der Waals surface area contributed by atoms with Gasteiger partial charge >= 0.3 is 8.80 Å². The molecule has 0 amide bonds. The second kappa shape index (κ2) is 26.3. The monoisotopic (exact) mass is 607 g/mol. The first kappa shape index (κ1) is 40.9. The van der Waals surface area contributed by atoms with Gasteiger partial charge in [0.05, 0.1) is 64.8 Å². The molecule has 0 fully saturated rings. The molecule has 41 heavy (non-hydrogen) atoms. The minimum Gasteiger partial charge on any atom is -0.391 e. The van der Waals surface area contributed by atoms with Crippen molar-refractivity contribution in [1.29, 1.82) is 0 Å². The van der Waals surface area contributed by atoms with Crippen molar-refractivity contribution >= 4 is 8.80 Å². The molecule has 0 bridgehead atoms. The van der Waals surface area contributed by atoms with Crippen LogP contribution in [0.3, 0.4) is 0 Å². The molecular formula is C33H72NO6Si+. The number of quaternary nitrogens is 1. The summed E-state index contributed by atoms with van der Waals surface area (Å²) in [5.74, 6) is 0. The van der Waals surface area contributed by atoms with Crippen LogP contribution in [0.1, 0.15) is 144 Å². The predicted octanol–water partition coefficient (Wildman–Crippen LogP) is 7.24. The summed E-state index contributed by atoms with van der Waals surface area (Å²) in [6.07, 6.45) is 20.3. The summed E-state index contributed by atoms with van der Waals surface area (Å²) in [5, 5.41) is 29.7. The molecule has 0 spiro atoms. The van der Waals surface area contributed by atoms with E-state index in [1.54, 1.807) is 20.8 Å². The first-order valence-electron chi connectivity index (χ1n) is 17.4. The van der Waals surface area contributed by atoms with Crippen LogP contribution in [-0.2, 0) is 13.3 Å². The Kier molecular flexibility index (Phi) is 26.3. The highest BCUT2D eigenvalue weighted by Gasteiger charge is 2.42. The lowest BCUT2D eigenvalue weighted by Gasteiger charge is -2.37. The minimum absolute atomic E-state index is 0.120. The molecular weight excluding hydrogens is 534 g/mol. The Balaban J connectivity index is 5.13. The third kappa shape index (κ3) is 25.0. The average Bonchev–Trinajstić information content (AvgIpc) is 2.92. The van der Waals surface area contributed by atoms with Gasteiger partial charge in [-0.05, 0) is 46.5 Å². The Hall–Kier alpha value is -0.0631. The summed E-state index contributed by atoms with van der Waals surface area (Å²) < 4.78 is 19.4. The van der Waals surface area contributed by atoms with Gasteiger partial charge in [0.15, 0.2) is 0 Å². The van der Waals surface area contributed by atoms with Crippen molar-refractivity contribution in [3.8, 4) is 0 Å². The maximum absolute atomic E-state index is 9.91. The maximum Gasteiger partial charge on any atom is 0.501 e. The first-order chi connectivity index (χ1) is 19.6. The van der Waals surface area contributed by atoms with Gasteiger partial charge in [-0.25, -0.2) is 0 Å². The number of aliphatic hydroxyl groups is 3. The summed E-state index contributed by atoms with van der Waals surface area (Å²) in [4.78, 5) is 0. The maximum atomic E-state index is 9.91. The van der Waals surface area contributed by atoms with Gasteiger partial charge in [-0.15, -0.1) is 0 Å². The van der Waals surface area contributed by atoms with Crippen molar-refractivity contribution in [3.63, 3.8) is 0 Å². The van der Waals surface area contributed by atoms with E-state index in [-0.39, 0.29) is 19.8 Å². The van der Waals surface area contributed by atoms with Gasteiger partial charge in [-0.3, -0.25) is 0 Å². The van der Waals surface area contributed by atoms with E-state index in [2.05, 4.69) is 20.9 Å². The summed E-state index contributed by atoms with van der Waals surface area (Å²) in [6, 6.07) is 0.613. The second-order valence-corrected chi connectivity index (χ2v) is 15.7. The van der Waals surface area contributed by atoms with Gasteiger partial charge in [0, 0.05) is 12.5 Å². The SMILES string of the molecule is CCCCCCCCCC[N+](C)(CCCCCCCCCC)CCC[Si](OCC(C)O)(OCC(C)O)OCC(C)O. The summed E-state index contributed by atoms with van der Waals surface area (Å²) in [7, 11) is -0.781. The Labute approximate surface area is 256 Å². The van der Waals surface area contributed by atoms with E-state index in [0.29, 0.717) is 6.04 Å². The average molecular weight is 607 g/mol. The number of hydrogen-bond acceptors (Lipinski definition) is 6. The second-order valence-electron chi connectivity index (χ2n) is 13.0. The highest BCUT2D eigenvalue weighted by atomic mass is 28.4. The lowest BCUT2D eigenvalue weighted by atomic mass is 10.1. The molecule has 0 aliphatic heterocycles. The molecule has 0 aromatic heterocycles. The number of unbranched alkanes of at least 4 members (excludes halogenated alkanes) is 14. The van der Waals surface area contributed by atoms with Crippen LogP contribution in [0, 0.1) is 0 Å². The molecule has 0 aliphatic carbocycles. The van der Waals surface area contributed by atoms with E-state index in [0.717, 1.165) is 17.4 Å². The molecule has 3 atom stereocenters. The van der Waals surface area contributed by atoms with Gasteiger partial charge in [0.2, 0.25) is 0 Å². The molecule has 0 radical (unpaired) electrons. The molecule has 0 aromatic rings. The largest absolute Gasteiger partial charge is 0.501 e. The molecule has 7 nitrogen and oxygen atoms in total. The van der Waals surface area contributed by atoms with E-state index >= 15 is 0 Å². The summed E-state index contributed by atoms with van der Waals surface area (Å²) >= 11 is 0. The molecule has 0 aromatic carbocycles. The number of hydrogen-bond donors (Lipinski definition) is 3. The first-order valence-corrected chi connectivity index (χ1v) is 19.3. The van der Waals surface area contributed by atoms with E-state index in [1.165, 1.54) is 116 Å². The zero-order chi connectivity index (χ0) is 30.8. The number of nitrogens with zero attached hydrogens (tertiary/aromatic N) is 1. The molecule has 0 saturated heterocycles. The van der Waals surface area contributed by atoms with Crippen LogP contribution in [0.15, 0.2) is 0 Å². The summed E-state index contributed by atoms with van der Waals surface area (Å²) in [6.45, 7) is 13.4. The molecule has 0 saturated carbocycles. The van der Waals surface area contributed by atoms with Crippen LogP contribution < -0.4 is 0 Å². The molecule has 0 aliphatic rings. The van der Waals surface area contributed by atoms with Crippen molar-refractivity contribution in [2.24, 2.45) is 0 Å². The Bertz CT molecular complexity index is 513. The van der Waals surface area contributed by atoms with E-state index in [9.17, 15) is 15.3 Å². The normalized spacial score (nSPS) is 16.0. The summed E-state index contributed by atoms with van der Waals surface area (Å²) in [5.41, 5.74) is 0. The zero-order valence-corrected chi connectivity index (χ0v) is 29.2. The fourth-order valence-electron chi connectivity index (χ4n) is 5.35. The van der Waals surface area contributed by atoms with Gasteiger partial charge in [0.25, 0.3) is 0 Å². The number of rotatable bonds is 31. The van der Waals surface area contributed by atoms with Crippen LogP contribution in [0.25, 0.3) is 0 Å². The Morgan fingerprint density at radius 2 is 0.780 bits per heavy atom. The van der Waals surface area contributed by atoms with Crippen molar-refractivity contribution in [3.05, 3.63) is 0 Å². The van der Waals surface area contributed by atoms with Crippen LogP contribution in [0.5, 0.6) is 0 Å². The van der Waals surface area contributed by atoms with Crippen molar-refractivity contribution in [2.75, 3.05) is 46.5 Å². The fraction of sp³-hybridized carbons (Fsp3) is 1.00. The van der Waals surface area contributed by atoms with Crippen molar-refractivity contribution in [1.82, 2.24) is 0 Å². The molecule has 3 unspecified atom stereocenters. The van der Waals surface area contributed by atoms with Crippen LogP contribution in [0.2, 0.25) is 6.04 Å². The Morgan fingerprint density at radius 1 is 0.488 bits per heavy atom. The third-order valence-corrected chi connectivity index (χ3v) is 10.7. The molecule has 0 rings (SSSR count). The van der Waals surface area contributed by atoms with E-state index < -0.39 is 27.1 Å². The highest BCUT2D eigenvalue weighted by molar-refractivity contribution is 6.60. The molecule has 248 valence electrons. The topological polar surface area (TPSA) is 88.4 Å². The van der Waals surface area contributed by atoms with Crippen molar-refractivity contribution in [2.45, 2.75) is 168 Å². The molecule has 3 N–H and O–H groups in total. The predicted molar refractivity (Wildman–Crippen MR) is 174 cm³/mol. The van der Waals surface area contributed by atoms with Crippen LogP contribution in [-0.4, -0.2) is 93.4 Å². The van der Waals surface area contributed by atoms with Crippen molar-refractivity contribution < 1.29 is 33.1 Å². The molecule has 8 heteroatoms. The van der Waals surface area contributed by atoms with E-state index in [4.69, 9.17) is 13.3 Å². The lowest BCUT2D eigenvalue weighted by molar-refractivity contribution is -0.910. The van der Waals surface area contributed by atoms with E-state index in [1.807, 2.05) is 0 Å². The van der Waals surface area contributed by atoms with Gasteiger partial charge in [0.1, 0.15) is 0 Å². The quantitative estimate of drug-likeness (QED) is 0.0438. The Morgan fingerprint density at radius 3 is 1.10 bits per heavy atom. The van der Waals surface area contributed by atoms with Gasteiger partial charge < -0.3 is 33.1 Å². The smallest absolute Gasteiger partial charge is 0.391 e. The lowest BCUT2D eigenvalue weighted by Crippen LogP contribution is -2.51. The molecule has 0 heterocycles. The third-order valence-electron chi connectivity index (χ3n) is 7.92. The van der Waals surface area contributed by atoms with Gasteiger partial charge in [-0.2, -0.15) is 0 Å². The standard InChI is InChI=1S/C33H72NO6Si/c1-7-9-11-13-15-17-19-21-24-34(6,25-22-20-18-16-14-12-10-8-2)26-23-27-41(38-28-31(3)35,39-29-32(4)36)40-30-33(5)37/h31-33,35-37H,7-30H2,1-6H3/q+1. The minimum atomic E-state index is -3.19. The van der Waals surface area contributed by atoms with Crippen LogP contribution in [0.4, 0.5) is 0 Å². The van der Waals surface area contributed by atoms with Crippen LogP contribution >= 0.6 is 0 Å².